The number of halogens is 2. The number of carbonyl (C=O) groups excluding carboxylic acids is 2. The van der Waals surface area contributed by atoms with Crippen molar-refractivity contribution in [1.29, 1.82) is 0 Å². The Kier molecular flexibility index (Phi) is 7.06. The molecule has 4 aliphatic carbocycles. The first-order valence-corrected chi connectivity index (χ1v) is 13.2. The molecule has 4 fully saturated rings. The van der Waals surface area contributed by atoms with Crippen LogP contribution < -0.4 is 15.4 Å². The van der Waals surface area contributed by atoms with E-state index in [9.17, 15) is 18.4 Å². The Hall–Kier alpha value is -3.22. The second-order valence-electron chi connectivity index (χ2n) is 12.0. The lowest BCUT2D eigenvalue weighted by atomic mass is 9.50. The van der Waals surface area contributed by atoms with Crippen molar-refractivity contribution in [2.75, 3.05) is 19.0 Å². The van der Waals surface area contributed by atoms with E-state index >= 15 is 0 Å². The maximum atomic E-state index is 13.1. The van der Waals surface area contributed by atoms with Crippen LogP contribution in [0.3, 0.4) is 0 Å². The van der Waals surface area contributed by atoms with E-state index in [2.05, 4.69) is 15.7 Å². The van der Waals surface area contributed by atoms with Gasteiger partial charge in [-0.3, -0.25) is 9.48 Å². The highest BCUT2D eigenvalue weighted by molar-refractivity contribution is 6.02. The average Bonchev–Trinajstić information content (AvgIpc) is 3.50. The third kappa shape index (κ3) is 5.59. The van der Waals surface area contributed by atoms with Crippen LogP contribution in [0.2, 0.25) is 0 Å². The summed E-state index contributed by atoms with van der Waals surface area (Å²) < 4.78 is 44.4. The molecule has 3 atom stereocenters. The largest absolute Gasteiger partial charge is 0.471 e. The van der Waals surface area contributed by atoms with Gasteiger partial charge in [-0.25, -0.2) is 18.3 Å². The van der Waals surface area contributed by atoms with Crippen LogP contribution in [-0.2, 0) is 22.1 Å². The number of amides is 2. The number of alkyl halides is 2. The number of anilines is 1. The molecule has 214 valence electrons. The van der Waals surface area contributed by atoms with Gasteiger partial charge in [0.25, 0.3) is 12.3 Å². The molecule has 0 spiro atoms. The third-order valence-corrected chi connectivity index (χ3v) is 7.89. The van der Waals surface area contributed by atoms with Gasteiger partial charge in [0.05, 0.1) is 17.3 Å². The minimum absolute atomic E-state index is 0.0481. The van der Waals surface area contributed by atoms with Gasteiger partial charge in [0.15, 0.2) is 6.61 Å². The number of ether oxygens (including phenoxy) is 3. The van der Waals surface area contributed by atoms with Crippen molar-refractivity contribution >= 4 is 17.8 Å². The fourth-order valence-corrected chi connectivity index (χ4v) is 5.84. The van der Waals surface area contributed by atoms with Gasteiger partial charge in [0.2, 0.25) is 5.88 Å². The van der Waals surface area contributed by atoms with E-state index in [1.165, 1.54) is 17.8 Å². The Balaban J connectivity index is 1.29. The summed E-state index contributed by atoms with van der Waals surface area (Å²) in [5.41, 5.74) is 0.367. The van der Waals surface area contributed by atoms with Gasteiger partial charge in [-0.1, -0.05) is 0 Å². The maximum absolute atomic E-state index is 13.1. The highest BCUT2D eigenvalue weighted by Gasteiger charge is 2.58. The second kappa shape index (κ2) is 10.1. The topological polar surface area (TPSA) is 122 Å². The van der Waals surface area contributed by atoms with Crippen molar-refractivity contribution in [3.8, 4) is 5.88 Å². The molecule has 4 saturated carbocycles. The maximum Gasteiger partial charge on any atom is 0.407 e. The van der Waals surface area contributed by atoms with Gasteiger partial charge in [0.1, 0.15) is 17.6 Å². The Labute approximate surface area is 225 Å². The predicted octanol–water partition coefficient (Wildman–Crippen LogP) is 3.81. The average molecular weight is 551 g/mol. The van der Waals surface area contributed by atoms with Crippen molar-refractivity contribution in [3.63, 3.8) is 0 Å². The van der Waals surface area contributed by atoms with E-state index in [1.54, 1.807) is 11.8 Å². The molecule has 4 aliphatic rings. The van der Waals surface area contributed by atoms with Crippen molar-refractivity contribution in [3.05, 3.63) is 23.5 Å². The second-order valence-corrected chi connectivity index (χ2v) is 12.0. The van der Waals surface area contributed by atoms with Crippen LogP contribution in [0.4, 0.5) is 19.4 Å². The number of carbonyl (C=O) groups is 2. The van der Waals surface area contributed by atoms with Crippen LogP contribution in [0.15, 0.2) is 12.1 Å². The van der Waals surface area contributed by atoms with Gasteiger partial charge < -0.3 is 24.8 Å². The van der Waals surface area contributed by atoms with Crippen LogP contribution in [0.5, 0.6) is 5.88 Å². The van der Waals surface area contributed by atoms with E-state index < -0.39 is 36.7 Å². The Bertz CT molecular complexity index is 1220. The molecule has 0 radical (unpaired) electrons. The van der Waals surface area contributed by atoms with E-state index in [0.717, 1.165) is 30.9 Å². The fraction of sp³-hybridized carbons (Fsp3) is 0.692. The molecular formula is C26H36F2N6O5. The molecule has 3 unspecified atom stereocenters. The number of rotatable bonds is 9. The third-order valence-electron chi connectivity index (χ3n) is 7.89. The predicted molar refractivity (Wildman–Crippen MR) is 136 cm³/mol. The molecular weight excluding hydrogens is 514 g/mol. The smallest absolute Gasteiger partial charge is 0.407 e. The summed E-state index contributed by atoms with van der Waals surface area (Å²) >= 11 is 0. The van der Waals surface area contributed by atoms with E-state index in [0.29, 0.717) is 18.7 Å². The van der Waals surface area contributed by atoms with Crippen LogP contribution >= 0.6 is 0 Å². The number of aryl methyl sites for hydroxylation is 1. The number of nitrogens with one attached hydrogen (secondary N) is 2. The molecule has 2 heterocycles. The quantitative estimate of drug-likeness (QED) is 0.487. The first-order chi connectivity index (χ1) is 18.4. The van der Waals surface area contributed by atoms with Crippen LogP contribution in [0, 0.1) is 5.92 Å². The normalized spacial score (nSPS) is 27.6. The first-order valence-electron chi connectivity index (χ1n) is 13.2. The van der Waals surface area contributed by atoms with Gasteiger partial charge in [-0.15, -0.1) is 5.10 Å². The summed E-state index contributed by atoms with van der Waals surface area (Å²) in [5, 5.41) is 14.7. The zero-order chi connectivity index (χ0) is 28.1. The number of aromatic nitrogens is 4. The summed E-state index contributed by atoms with van der Waals surface area (Å²) in [6.45, 7) is 5.09. The lowest BCUT2D eigenvalue weighted by Gasteiger charge is -2.61. The number of hydrogen-bond donors (Lipinski definition) is 2. The fourth-order valence-electron chi connectivity index (χ4n) is 5.84. The molecule has 39 heavy (non-hydrogen) atoms. The lowest BCUT2D eigenvalue weighted by molar-refractivity contribution is -0.0586. The SMILES string of the molecule is COC1CC(c2cc(NC(=O)c3cc(OCC(F)F)nn3C)n(C(C)(C)C)n2)CC1OC(=O)NC12CC(C1)C2. The minimum Gasteiger partial charge on any atom is -0.471 e. The van der Waals surface area contributed by atoms with Gasteiger partial charge in [0, 0.05) is 37.7 Å². The highest BCUT2D eigenvalue weighted by atomic mass is 19.3. The molecule has 2 aromatic heterocycles. The summed E-state index contributed by atoms with van der Waals surface area (Å²) in [6.07, 6.45) is 0.525. The number of alkyl carbamates (subject to hydrolysis) is 1. The monoisotopic (exact) mass is 550 g/mol. The highest BCUT2D eigenvalue weighted by Crippen LogP contribution is 2.57. The number of nitrogens with zero attached hydrogens (tertiary/aromatic N) is 4. The molecule has 2 amide bonds. The minimum atomic E-state index is -2.65. The summed E-state index contributed by atoms with van der Waals surface area (Å²) in [6, 6.07) is 3.13. The van der Waals surface area contributed by atoms with Gasteiger partial charge >= 0.3 is 6.09 Å². The summed E-state index contributed by atoms with van der Waals surface area (Å²) in [7, 11) is 3.14. The molecule has 0 saturated heterocycles. The molecule has 6 rings (SSSR count). The zero-order valence-corrected chi connectivity index (χ0v) is 22.9. The molecule has 13 heteroatoms. The van der Waals surface area contributed by atoms with Crippen molar-refractivity contribution < 1.29 is 32.6 Å². The van der Waals surface area contributed by atoms with Crippen molar-refractivity contribution in [1.82, 2.24) is 24.9 Å². The Morgan fingerprint density at radius 3 is 2.44 bits per heavy atom. The van der Waals surface area contributed by atoms with Crippen LogP contribution in [-0.4, -0.2) is 69.5 Å². The summed E-state index contributed by atoms with van der Waals surface area (Å²) in [5.74, 6) is 0.626. The first kappa shape index (κ1) is 27.4. The molecule has 0 aliphatic heterocycles. The van der Waals surface area contributed by atoms with E-state index in [-0.39, 0.29) is 29.1 Å². The Morgan fingerprint density at radius 1 is 1.15 bits per heavy atom. The van der Waals surface area contributed by atoms with Crippen molar-refractivity contribution in [2.45, 2.75) is 88.5 Å². The number of methoxy groups -OCH3 is 1. The van der Waals surface area contributed by atoms with Crippen molar-refractivity contribution in [2.24, 2.45) is 13.0 Å². The summed E-state index contributed by atoms with van der Waals surface area (Å²) in [4.78, 5) is 25.7. The molecule has 2 bridgehead atoms. The van der Waals surface area contributed by atoms with E-state index in [4.69, 9.17) is 19.3 Å². The zero-order valence-electron chi connectivity index (χ0n) is 22.9. The van der Waals surface area contributed by atoms with Crippen LogP contribution in [0.1, 0.15) is 75.0 Å². The molecule has 11 nitrogen and oxygen atoms in total. The standard InChI is InChI=1S/C26H36F2N6O5/c1-25(2,3)34-21(29-23(35)17-9-22(32-33(17)4)38-13-20(27)28)8-16(31-34)15-6-18(37-5)19(7-15)39-24(36)30-26-10-14(11-26)12-26/h8-9,14-15,18-20H,6-7,10-13H2,1-5H3,(H,29,35)(H,30,36). The molecule has 2 aromatic rings. The molecule has 2 N–H and O–H groups in total. The van der Waals surface area contributed by atoms with Gasteiger partial charge in [-0.05, 0) is 58.8 Å². The lowest BCUT2D eigenvalue weighted by Crippen LogP contribution is -2.68. The molecule has 0 aromatic carbocycles. The van der Waals surface area contributed by atoms with Gasteiger partial charge in [-0.2, -0.15) is 5.10 Å². The number of hydrogen-bond acceptors (Lipinski definition) is 7. The van der Waals surface area contributed by atoms with E-state index in [1.807, 2.05) is 26.8 Å². The Morgan fingerprint density at radius 2 is 1.85 bits per heavy atom. The van der Waals surface area contributed by atoms with Crippen LogP contribution in [0.25, 0.3) is 0 Å².